The minimum absolute atomic E-state index is 0.00417. The summed E-state index contributed by atoms with van der Waals surface area (Å²) >= 11 is 7.14. The Morgan fingerprint density at radius 1 is 0.827 bits per heavy atom. The highest BCUT2D eigenvalue weighted by molar-refractivity contribution is 6.34. The van der Waals surface area contributed by atoms with Gasteiger partial charge in [0, 0.05) is 68.5 Å². The monoisotopic (exact) mass is 701 g/mol. The van der Waals surface area contributed by atoms with Crippen LogP contribution in [0.3, 0.4) is 0 Å². The van der Waals surface area contributed by atoms with Crippen LogP contribution in [0.15, 0.2) is 118 Å². The lowest BCUT2D eigenvalue weighted by molar-refractivity contribution is -0.115. The van der Waals surface area contributed by atoms with E-state index in [-0.39, 0.29) is 58.2 Å². The molecular formula is C42H24ClN3O6. The number of nitrogens with one attached hydrogen (secondary N) is 2. The van der Waals surface area contributed by atoms with Crippen molar-refractivity contribution in [2.75, 3.05) is 5.32 Å². The van der Waals surface area contributed by atoms with Crippen molar-refractivity contribution >= 4 is 75.6 Å². The number of nitrogens with zero attached hydrogens (tertiary/aromatic N) is 1. The summed E-state index contributed by atoms with van der Waals surface area (Å²) in [6.07, 6.45) is 12.7. The topological polar surface area (TPSA) is 131 Å². The number of ketones is 5. The number of aromatic nitrogens is 1. The van der Waals surface area contributed by atoms with Gasteiger partial charge in [-0.05, 0) is 65.6 Å². The van der Waals surface area contributed by atoms with E-state index >= 15 is 0 Å². The highest BCUT2D eigenvalue weighted by Gasteiger charge is 2.42. The molecule has 0 radical (unpaired) electrons. The molecule has 7 aliphatic rings. The first-order valence-electron chi connectivity index (χ1n) is 16.8. The van der Waals surface area contributed by atoms with E-state index < -0.39 is 23.5 Å². The van der Waals surface area contributed by atoms with Crippen molar-refractivity contribution in [3.8, 4) is 0 Å². The van der Waals surface area contributed by atoms with Crippen molar-refractivity contribution in [1.82, 2.24) is 9.40 Å². The number of benzene rings is 2. The fourth-order valence-electron chi connectivity index (χ4n) is 8.33. The Morgan fingerprint density at radius 3 is 2.46 bits per heavy atom. The van der Waals surface area contributed by atoms with Crippen molar-refractivity contribution in [2.24, 2.45) is 0 Å². The molecule has 2 N–H and O–H groups in total. The highest BCUT2D eigenvalue weighted by Crippen LogP contribution is 2.42. The van der Waals surface area contributed by atoms with Gasteiger partial charge in [0.15, 0.2) is 28.9 Å². The van der Waals surface area contributed by atoms with E-state index in [2.05, 4.69) is 10.6 Å². The maximum atomic E-state index is 14.2. The fourth-order valence-corrected chi connectivity index (χ4v) is 8.71. The molecule has 250 valence electrons. The summed E-state index contributed by atoms with van der Waals surface area (Å²) < 4.78 is 1.48. The molecule has 1 aromatic heterocycles. The molecule has 0 fully saturated rings. The molecule has 3 aromatic rings. The minimum Gasteiger partial charge on any atom is -0.370 e. The Morgan fingerprint density at radius 2 is 1.63 bits per heavy atom. The summed E-state index contributed by atoms with van der Waals surface area (Å²) in [6, 6.07) is 12.4. The van der Waals surface area contributed by atoms with Crippen molar-refractivity contribution in [1.29, 1.82) is 0 Å². The standard InChI is InChI=1S/C42H24ClN3O6/c43-46-38-26-16-24-20(8-4-11-31(24)47)14-25(26)32(48)17-27(38)28-18-33(49)37-29(39(28)46)15-21-12-13-23-35(36(21)45-37)41(51)22-9-5-10-30(34(22)40(23)50)44-42(52)19-6-2-1-3-7-19/h1-10,13-15,17-18,37,45H,11-12,16H2,(H,44,52). The van der Waals surface area contributed by atoms with Gasteiger partial charge in [-0.25, -0.2) is 0 Å². The predicted molar refractivity (Wildman–Crippen MR) is 193 cm³/mol. The van der Waals surface area contributed by atoms with Crippen molar-refractivity contribution < 1.29 is 28.8 Å². The Hall–Kier alpha value is -6.45. The van der Waals surface area contributed by atoms with Gasteiger partial charge in [0.05, 0.1) is 33.2 Å². The number of carbonyl (C=O) groups excluding carboxylic acids is 6. The van der Waals surface area contributed by atoms with E-state index in [1.807, 2.05) is 12.2 Å². The van der Waals surface area contributed by atoms with E-state index in [0.717, 1.165) is 5.57 Å². The number of hydrogen-bond acceptors (Lipinski definition) is 7. The van der Waals surface area contributed by atoms with Gasteiger partial charge in [-0.2, -0.15) is 0 Å². The first-order chi connectivity index (χ1) is 25.2. The third kappa shape index (κ3) is 4.11. The van der Waals surface area contributed by atoms with Gasteiger partial charge < -0.3 is 10.6 Å². The molecule has 0 saturated carbocycles. The van der Waals surface area contributed by atoms with E-state index in [1.54, 1.807) is 66.8 Å². The summed E-state index contributed by atoms with van der Waals surface area (Å²) in [6.45, 7) is 0. The Labute approximate surface area is 299 Å². The Balaban J connectivity index is 1.12. The van der Waals surface area contributed by atoms with Crippen molar-refractivity contribution in [2.45, 2.75) is 25.3 Å². The molecule has 1 amide bonds. The summed E-state index contributed by atoms with van der Waals surface area (Å²) in [5, 5.41) is 8.24. The molecule has 0 saturated heterocycles. The Kier molecular flexibility index (Phi) is 6.30. The number of hydrogen-bond donors (Lipinski definition) is 2. The molecule has 10 heteroatoms. The van der Waals surface area contributed by atoms with Gasteiger partial charge in [-0.15, -0.1) is 0 Å². The zero-order valence-electron chi connectivity index (χ0n) is 27.1. The van der Waals surface area contributed by atoms with E-state index in [9.17, 15) is 28.8 Å². The van der Waals surface area contributed by atoms with Crippen LogP contribution in [0.5, 0.6) is 0 Å². The smallest absolute Gasteiger partial charge is 0.255 e. The van der Waals surface area contributed by atoms with Crippen LogP contribution in [0.1, 0.15) is 50.3 Å². The van der Waals surface area contributed by atoms with Crippen LogP contribution in [-0.2, 0) is 14.4 Å². The predicted octanol–water partition coefficient (Wildman–Crippen LogP) is 2.49. The van der Waals surface area contributed by atoms with E-state index in [1.165, 1.54) is 16.2 Å². The van der Waals surface area contributed by atoms with Gasteiger partial charge in [0.2, 0.25) is 0 Å². The summed E-state index contributed by atoms with van der Waals surface area (Å²) in [5.41, 5.74) is 5.41. The van der Waals surface area contributed by atoms with Crippen molar-refractivity contribution in [3.63, 3.8) is 0 Å². The minimum atomic E-state index is -0.922. The van der Waals surface area contributed by atoms with Crippen LogP contribution in [0.2, 0.25) is 0 Å². The number of anilines is 1. The molecule has 1 atom stereocenters. The molecule has 1 aliphatic heterocycles. The van der Waals surface area contributed by atoms with Gasteiger partial charge in [0.1, 0.15) is 6.04 Å². The number of Topliss-reactive ketones (excluding diaryl/α,β-unsaturated/α-hetero) is 5. The molecule has 2 heterocycles. The van der Waals surface area contributed by atoms with Gasteiger partial charge >= 0.3 is 0 Å². The van der Waals surface area contributed by atoms with E-state index in [4.69, 9.17) is 11.8 Å². The number of halogens is 1. The second-order valence-corrected chi connectivity index (χ2v) is 13.9. The molecule has 10 rings (SSSR count). The second-order valence-electron chi connectivity index (χ2n) is 13.5. The molecule has 0 bridgehead atoms. The van der Waals surface area contributed by atoms with Crippen LogP contribution in [0, 0.1) is 0 Å². The van der Waals surface area contributed by atoms with Gasteiger partial charge in [-0.1, -0.05) is 48.6 Å². The molecule has 1 unspecified atom stereocenters. The number of amides is 1. The van der Waals surface area contributed by atoms with Crippen LogP contribution in [0.4, 0.5) is 5.69 Å². The average Bonchev–Trinajstić information content (AvgIpc) is 3.43. The third-order valence-electron chi connectivity index (χ3n) is 10.7. The first-order valence-corrected chi connectivity index (χ1v) is 17.2. The number of allylic oxidation sites excluding steroid dienone is 10. The number of carbonyl (C=O) groups is 6. The molecule has 52 heavy (non-hydrogen) atoms. The molecular weight excluding hydrogens is 678 g/mol. The second kappa shape index (κ2) is 10.8. The lowest BCUT2D eigenvalue weighted by Crippen LogP contribution is -2.52. The largest absolute Gasteiger partial charge is 0.370 e. The van der Waals surface area contributed by atoms with Crippen LogP contribution < -0.4 is 31.8 Å². The van der Waals surface area contributed by atoms with Gasteiger partial charge in [0.25, 0.3) is 5.91 Å². The average molecular weight is 702 g/mol. The zero-order valence-corrected chi connectivity index (χ0v) is 27.9. The third-order valence-corrected chi connectivity index (χ3v) is 11.1. The van der Waals surface area contributed by atoms with E-state index in [0.29, 0.717) is 66.7 Å². The highest BCUT2D eigenvalue weighted by atomic mass is 35.5. The van der Waals surface area contributed by atoms with Crippen molar-refractivity contribution in [3.05, 3.63) is 156 Å². The molecule has 2 aromatic carbocycles. The number of rotatable bonds is 2. The zero-order chi connectivity index (χ0) is 35.6. The normalized spacial score (nSPS) is 20.8. The summed E-state index contributed by atoms with van der Waals surface area (Å²) in [7, 11) is 0. The summed E-state index contributed by atoms with van der Waals surface area (Å²) in [4.78, 5) is 81.6. The molecule has 6 aliphatic carbocycles. The van der Waals surface area contributed by atoms with Gasteiger partial charge in [-0.3, -0.25) is 32.9 Å². The number of fused-ring (bicyclic) bond motifs is 8. The lowest BCUT2D eigenvalue weighted by Gasteiger charge is -2.34. The molecule has 0 spiro atoms. The summed E-state index contributed by atoms with van der Waals surface area (Å²) in [5.74, 6) is -1.75. The van der Waals surface area contributed by atoms with Crippen LogP contribution in [-0.4, -0.2) is 45.0 Å². The molecule has 9 nitrogen and oxygen atoms in total. The maximum Gasteiger partial charge on any atom is 0.255 e. The SMILES string of the molecule is O=C1C=c2c3c(n(Cl)c2=C2CC4=C(C=CCC4=O)C=C12)=C1C=C2CC=C4C(=O)c5c(NC(=O)c6ccccc6)cccc5C(=O)C4=C2NC1C(=O)C=3. The fraction of sp³-hybridized carbons (Fsp3) is 0.0952. The first kappa shape index (κ1) is 30.4. The lowest BCUT2D eigenvalue weighted by atomic mass is 9.74. The quantitative estimate of drug-likeness (QED) is 0.420. The van der Waals surface area contributed by atoms with Crippen LogP contribution in [0.25, 0.3) is 23.3 Å². The maximum absolute atomic E-state index is 14.2. The van der Waals surface area contributed by atoms with Crippen LogP contribution >= 0.6 is 11.8 Å². The Bertz CT molecular complexity index is 2880.